The molecule has 2 heterocycles. The molecule has 1 aromatic carbocycles. The molecule has 3 rings (SSSR count). The van der Waals surface area contributed by atoms with E-state index in [4.69, 9.17) is 4.74 Å². The van der Waals surface area contributed by atoms with E-state index in [9.17, 15) is 10.1 Å². The van der Waals surface area contributed by atoms with E-state index in [1.807, 2.05) is 22.9 Å². The lowest BCUT2D eigenvalue weighted by Crippen LogP contribution is -1.97. The van der Waals surface area contributed by atoms with Crippen LogP contribution in [0.15, 0.2) is 55.5 Å². The minimum absolute atomic E-state index is 0.0922. The molecule has 0 N–H and O–H groups in total. The highest BCUT2D eigenvalue weighted by Crippen LogP contribution is 2.28. The van der Waals surface area contributed by atoms with Crippen LogP contribution < -0.4 is 4.74 Å². The summed E-state index contributed by atoms with van der Waals surface area (Å²) >= 11 is 0. The first-order valence-electron chi connectivity index (χ1n) is 5.94. The first kappa shape index (κ1) is 12.7. The molecule has 8 nitrogen and oxygen atoms in total. The summed E-state index contributed by atoms with van der Waals surface area (Å²) in [6, 6.07) is 7.01. The standard InChI is InChI=1S/C13H9N5O3/c19-18(20)12-7-15-8-16-13(12)21-11-3-1-10(2-4-11)17-6-5-14-9-17/h1-9H. The molecular formula is C13H9N5O3. The van der Waals surface area contributed by atoms with E-state index in [0.717, 1.165) is 11.9 Å². The second-order valence-electron chi connectivity index (χ2n) is 4.04. The second-order valence-corrected chi connectivity index (χ2v) is 4.04. The number of nitro groups is 1. The van der Waals surface area contributed by atoms with E-state index in [1.54, 1.807) is 24.7 Å². The van der Waals surface area contributed by atoms with Gasteiger partial charge in [0.2, 0.25) is 0 Å². The molecule has 3 aromatic rings. The molecule has 2 aromatic heterocycles. The molecule has 0 atom stereocenters. The second kappa shape index (κ2) is 5.37. The highest BCUT2D eigenvalue weighted by Gasteiger charge is 2.17. The summed E-state index contributed by atoms with van der Waals surface area (Å²) in [5.74, 6) is 0.353. The molecular weight excluding hydrogens is 274 g/mol. The van der Waals surface area contributed by atoms with Crippen LogP contribution in [0.4, 0.5) is 5.69 Å². The van der Waals surface area contributed by atoms with Crippen LogP contribution in [0.2, 0.25) is 0 Å². The summed E-state index contributed by atoms with van der Waals surface area (Å²) in [5, 5.41) is 10.9. The topological polar surface area (TPSA) is 96.0 Å². The third kappa shape index (κ3) is 2.68. The zero-order valence-corrected chi connectivity index (χ0v) is 10.7. The monoisotopic (exact) mass is 283 g/mol. The van der Waals surface area contributed by atoms with Gasteiger partial charge >= 0.3 is 11.6 Å². The van der Waals surface area contributed by atoms with Gasteiger partial charge in [0.25, 0.3) is 0 Å². The number of benzene rings is 1. The molecule has 0 fully saturated rings. The summed E-state index contributed by atoms with van der Waals surface area (Å²) in [7, 11) is 0. The Hall–Kier alpha value is -3.29. The lowest BCUT2D eigenvalue weighted by Gasteiger charge is -2.06. The first-order valence-corrected chi connectivity index (χ1v) is 5.94. The maximum Gasteiger partial charge on any atom is 0.349 e. The van der Waals surface area contributed by atoms with Gasteiger partial charge in [0.15, 0.2) is 0 Å². The van der Waals surface area contributed by atoms with Crippen molar-refractivity contribution in [1.82, 2.24) is 19.5 Å². The molecule has 0 bridgehead atoms. The fourth-order valence-corrected chi connectivity index (χ4v) is 1.72. The fourth-order valence-electron chi connectivity index (χ4n) is 1.72. The lowest BCUT2D eigenvalue weighted by atomic mass is 10.3. The van der Waals surface area contributed by atoms with Crippen LogP contribution >= 0.6 is 0 Å². The molecule has 8 heteroatoms. The molecule has 0 saturated heterocycles. The van der Waals surface area contributed by atoms with Gasteiger partial charge in [-0.25, -0.2) is 9.97 Å². The van der Waals surface area contributed by atoms with Crippen LogP contribution in [0.3, 0.4) is 0 Å². The Kier molecular flexibility index (Phi) is 3.26. The van der Waals surface area contributed by atoms with E-state index in [2.05, 4.69) is 15.0 Å². The molecule has 0 radical (unpaired) electrons. The largest absolute Gasteiger partial charge is 0.434 e. The third-order valence-electron chi connectivity index (χ3n) is 2.71. The van der Waals surface area contributed by atoms with Crippen molar-refractivity contribution in [3.05, 3.63) is 65.6 Å². The van der Waals surface area contributed by atoms with Crippen molar-refractivity contribution in [3.63, 3.8) is 0 Å². The Morgan fingerprint density at radius 3 is 2.67 bits per heavy atom. The van der Waals surface area contributed by atoms with Crippen LogP contribution in [-0.2, 0) is 0 Å². The Morgan fingerprint density at radius 1 is 1.19 bits per heavy atom. The van der Waals surface area contributed by atoms with E-state index >= 15 is 0 Å². The first-order chi connectivity index (χ1) is 10.2. The predicted molar refractivity (Wildman–Crippen MR) is 72.3 cm³/mol. The average Bonchev–Trinajstić information content (AvgIpc) is 3.03. The minimum atomic E-state index is -0.588. The number of hydrogen-bond donors (Lipinski definition) is 0. The average molecular weight is 283 g/mol. The molecule has 21 heavy (non-hydrogen) atoms. The van der Waals surface area contributed by atoms with Gasteiger partial charge < -0.3 is 9.30 Å². The SMILES string of the molecule is O=[N+]([O-])c1cncnc1Oc1ccc(-n2ccnc2)cc1. The number of imidazole rings is 1. The van der Waals surface area contributed by atoms with Crippen LogP contribution in [0, 0.1) is 10.1 Å². The maximum atomic E-state index is 10.9. The molecule has 0 saturated carbocycles. The summed E-state index contributed by atoms with van der Waals surface area (Å²) in [4.78, 5) is 21.6. The number of aromatic nitrogens is 4. The Bertz CT molecular complexity index is 756. The smallest absolute Gasteiger partial charge is 0.349 e. The summed E-state index contributed by atoms with van der Waals surface area (Å²) in [6.07, 6.45) is 7.45. The van der Waals surface area contributed by atoms with Gasteiger partial charge in [-0.1, -0.05) is 0 Å². The third-order valence-corrected chi connectivity index (χ3v) is 2.71. The van der Waals surface area contributed by atoms with Gasteiger partial charge in [-0.15, -0.1) is 0 Å². The predicted octanol–water partition coefficient (Wildman–Crippen LogP) is 2.36. The van der Waals surface area contributed by atoms with Gasteiger partial charge in [0.05, 0.1) is 11.3 Å². The highest BCUT2D eigenvalue weighted by molar-refractivity contribution is 5.43. The maximum absolute atomic E-state index is 10.9. The number of ether oxygens (including phenoxy) is 1. The minimum Gasteiger partial charge on any atom is -0.434 e. The summed E-state index contributed by atoms with van der Waals surface area (Å²) in [6.45, 7) is 0. The zero-order valence-electron chi connectivity index (χ0n) is 10.7. The number of nitrogens with zero attached hydrogens (tertiary/aromatic N) is 5. The molecule has 0 aliphatic rings. The van der Waals surface area contributed by atoms with Crippen LogP contribution in [-0.4, -0.2) is 24.4 Å². The van der Waals surface area contributed by atoms with Gasteiger partial charge in [-0.3, -0.25) is 10.1 Å². The molecule has 0 unspecified atom stereocenters. The number of rotatable bonds is 4. The van der Waals surface area contributed by atoms with Crippen LogP contribution in [0.25, 0.3) is 5.69 Å². The van der Waals surface area contributed by atoms with E-state index in [1.165, 1.54) is 6.33 Å². The molecule has 0 amide bonds. The molecule has 0 aliphatic heterocycles. The van der Waals surface area contributed by atoms with Crippen molar-refractivity contribution in [1.29, 1.82) is 0 Å². The Balaban J connectivity index is 1.84. The van der Waals surface area contributed by atoms with Crippen molar-refractivity contribution < 1.29 is 9.66 Å². The van der Waals surface area contributed by atoms with E-state index < -0.39 is 4.92 Å². The molecule has 0 aliphatic carbocycles. The van der Waals surface area contributed by atoms with E-state index in [0.29, 0.717) is 5.75 Å². The van der Waals surface area contributed by atoms with Gasteiger partial charge in [-0.2, -0.15) is 4.98 Å². The fraction of sp³-hybridized carbons (Fsp3) is 0. The van der Waals surface area contributed by atoms with Crippen molar-refractivity contribution in [2.24, 2.45) is 0 Å². The van der Waals surface area contributed by atoms with Crippen LogP contribution in [0.1, 0.15) is 0 Å². The summed E-state index contributed by atoms with van der Waals surface area (Å²) < 4.78 is 7.26. The molecule has 104 valence electrons. The van der Waals surface area contributed by atoms with Gasteiger partial charge in [-0.05, 0) is 24.3 Å². The Labute approximate surface area is 118 Å². The summed E-state index contributed by atoms with van der Waals surface area (Å²) in [5.41, 5.74) is 0.619. The van der Waals surface area contributed by atoms with Gasteiger partial charge in [0.1, 0.15) is 18.3 Å². The van der Waals surface area contributed by atoms with Crippen molar-refractivity contribution in [2.75, 3.05) is 0 Å². The molecule has 0 spiro atoms. The van der Waals surface area contributed by atoms with Crippen LogP contribution in [0.5, 0.6) is 11.6 Å². The number of hydrogen-bond acceptors (Lipinski definition) is 6. The lowest BCUT2D eigenvalue weighted by molar-refractivity contribution is -0.386. The van der Waals surface area contributed by atoms with E-state index in [-0.39, 0.29) is 11.6 Å². The normalized spacial score (nSPS) is 10.3. The highest BCUT2D eigenvalue weighted by atomic mass is 16.6. The quantitative estimate of drug-likeness (QED) is 0.538. The van der Waals surface area contributed by atoms with Crippen molar-refractivity contribution in [2.45, 2.75) is 0 Å². The van der Waals surface area contributed by atoms with Gasteiger partial charge in [0, 0.05) is 18.1 Å². The Morgan fingerprint density at radius 2 is 2.00 bits per heavy atom. The van der Waals surface area contributed by atoms with Crippen molar-refractivity contribution >= 4 is 5.69 Å². The zero-order chi connectivity index (χ0) is 14.7. The van der Waals surface area contributed by atoms with Crippen molar-refractivity contribution in [3.8, 4) is 17.3 Å².